The molecule has 1 N–H and O–H groups in total. The van der Waals surface area contributed by atoms with Crippen molar-refractivity contribution >= 4 is 40.0 Å². The van der Waals surface area contributed by atoms with Gasteiger partial charge in [0.25, 0.3) is 5.95 Å². The number of nitrogens with one attached hydrogen (secondary N) is 1. The van der Waals surface area contributed by atoms with E-state index in [1.807, 2.05) is 50.3 Å². The fourth-order valence-electron chi connectivity index (χ4n) is 4.42. The summed E-state index contributed by atoms with van der Waals surface area (Å²) in [4.78, 5) is 17.0. The van der Waals surface area contributed by atoms with Gasteiger partial charge < -0.3 is 19.4 Å². The number of furan rings is 1. The third kappa shape index (κ3) is 7.16. The Bertz CT molecular complexity index is 1410. The summed E-state index contributed by atoms with van der Waals surface area (Å²) in [5.74, 6) is 2.92. The number of rotatable bonds is 10. The minimum Gasteiger partial charge on any atom is -0.450 e. The maximum atomic E-state index is 6.43. The lowest BCUT2D eigenvalue weighted by Crippen LogP contribution is -2.36. The topological polar surface area (TPSA) is 75.8 Å². The van der Waals surface area contributed by atoms with Crippen LogP contribution in [0, 0.1) is 5.92 Å². The van der Waals surface area contributed by atoms with Crippen molar-refractivity contribution in [2.75, 3.05) is 31.2 Å². The highest BCUT2D eigenvalue weighted by Gasteiger charge is 2.22. The molecular formula is C33H41N5O2. The Balaban J connectivity index is 1.82. The Labute approximate surface area is 238 Å². The summed E-state index contributed by atoms with van der Waals surface area (Å²) in [5.41, 5.74) is 4.48. The van der Waals surface area contributed by atoms with Crippen molar-refractivity contribution in [3.63, 3.8) is 0 Å². The monoisotopic (exact) mass is 539 g/mol. The summed E-state index contributed by atoms with van der Waals surface area (Å²) in [6, 6.07) is 12.3. The number of hydrogen-bond donors (Lipinski definition) is 1. The molecule has 0 spiro atoms. The molecule has 1 aliphatic rings. The first-order valence-electron chi connectivity index (χ1n) is 14.3. The van der Waals surface area contributed by atoms with E-state index in [0.717, 1.165) is 65.7 Å². The Morgan fingerprint density at radius 1 is 1.12 bits per heavy atom. The molecular weight excluding hydrogens is 498 g/mol. The van der Waals surface area contributed by atoms with E-state index in [-0.39, 0.29) is 5.92 Å². The predicted octanol–water partition coefficient (Wildman–Crippen LogP) is 7.71. The number of hydrogen-bond acceptors (Lipinski definition) is 6. The number of allylic oxidation sites excluding steroid dienone is 7. The molecule has 0 amide bonds. The first-order chi connectivity index (χ1) is 19.6. The van der Waals surface area contributed by atoms with Crippen LogP contribution in [0.2, 0.25) is 0 Å². The molecule has 1 fully saturated rings. The van der Waals surface area contributed by atoms with Crippen LogP contribution in [0.4, 0.5) is 11.8 Å². The highest BCUT2D eigenvalue weighted by Crippen LogP contribution is 2.33. The number of benzene rings is 1. The molecule has 2 aromatic heterocycles. The second-order valence-corrected chi connectivity index (χ2v) is 9.73. The van der Waals surface area contributed by atoms with E-state index in [1.54, 1.807) is 0 Å². The molecule has 0 bridgehead atoms. The van der Waals surface area contributed by atoms with Gasteiger partial charge >= 0.3 is 0 Å². The first-order valence-corrected chi connectivity index (χ1v) is 14.3. The number of fused-ring (bicyclic) bond motifs is 1. The molecule has 210 valence electrons. The van der Waals surface area contributed by atoms with Crippen LogP contribution in [0.5, 0.6) is 0 Å². The third-order valence-electron chi connectivity index (χ3n) is 6.87. The smallest absolute Gasteiger partial charge is 0.253 e. The van der Waals surface area contributed by atoms with E-state index in [2.05, 4.69) is 67.4 Å². The summed E-state index contributed by atoms with van der Waals surface area (Å²) in [5, 5.41) is 3.58. The highest BCUT2D eigenvalue weighted by molar-refractivity contribution is 5.94. The molecule has 1 aromatic carbocycles. The average molecular weight is 540 g/mol. The van der Waals surface area contributed by atoms with E-state index in [4.69, 9.17) is 24.1 Å². The van der Waals surface area contributed by atoms with Crippen molar-refractivity contribution in [1.29, 1.82) is 0 Å². The van der Waals surface area contributed by atoms with Crippen molar-refractivity contribution in [3.8, 4) is 0 Å². The summed E-state index contributed by atoms with van der Waals surface area (Å²) < 4.78 is 12.0. The zero-order valence-electron chi connectivity index (χ0n) is 24.4. The highest BCUT2D eigenvalue weighted by atomic mass is 16.5. The van der Waals surface area contributed by atoms with Crippen molar-refractivity contribution in [1.82, 2.24) is 15.3 Å². The standard InChI is InChI=1S/C33H41N5O2/c1-6-10-12-18-26(15-7-2)29-23-28-30(40-29)32(38-19-21-39-22-20-38)37-33(35-28)36-31(24(5)8-3)34-27(9-4)25-16-13-11-14-17-25/h7,9-18,23-24H,6,8,19-22H2,1-5H3,(H,34,35,36,37)/b12-10+,15-7-,26-18+,27-9-. The van der Waals surface area contributed by atoms with Crippen molar-refractivity contribution < 1.29 is 9.15 Å². The fourth-order valence-corrected chi connectivity index (χ4v) is 4.42. The van der Waals surface area contributed by atoms with Gasteiger partial charge in [-0.05, 0) is 32.3 Å². The van der Waals surface area contributed by atoms with Crippen LogP contribution in [-0.4, -0.2) is 42.1 Å². The number of aliphatic imine (C=N–C) groups is 1. The Morgan fingerprint density at radius 2 is 1.90 bits per heavy atom. The Kier molecular flexibility index (Phi) is 10.5. The number of anilines is 1. The minimum absolute atomic E-state index is 0.180. The van der Waals surface area contributed by atoms with Gasteiger partial charge in [-0.25, -0.2) is 4.98 Å². The van der Waals surface area contributed by atoms with Gasteiger partial charge in [0.2, 0.25) is 0 Å². The molecule has 7 nitrogen and oxygen atoms in total. The largest absolute Gasteiger partial charge is 0.450 e. The lowest BCUT2D eigenvalue weighted by Gasteiger charge is -2.27. The molecule has 3 aromatic rings. The quantitative estimate of drug-likeness (QED) is 0.162. The van der Waals surface area contributed by atoms with Gasteiger partial charge in [0.1, 0.15) is 17.1 Å². The van der Waals surface area contributed by atoms with E-state index in [0.29, 0.717) is 24.7 Å². The van der Waals surface area contributed by atoms with Gasteiger partial charge in [-0.2, -0.15) is 9.98 Å². The number of aromatic nitrogens is 2. The molecule has 40 heavy (non-hydrogen) atoms. The average Bonchev–Trinajstić information content (AvgIpc) is 3.43. The van der Waals surface area contributed by atoms with Gasteiger partial charge in [0.15, 0.2) is 11.4 Å². The van der Waals surface area contributed by atoms with Gasteiger partial charge in [-0.1, -0.05) is 87.6 Å². The molecule has 1 unspecified atom stereocenters. The maximum absolute atomic E-state index is 6.43. The van der Waals surface area contributed by atoms with Crippen molar-refractivity contribution in [2.45, 2.75) is 47.5 Å². The molecule has 3 heterocycles. The summed E-state index contributed by atoms with van der Waals surface area (Å²) in [6.45, 7) is 13.2. The van der Waals surface area contributed by atoms with Crippen LogP contribution in [0.15, 0.2) is 82.3 Å². The van der Waals surface area contributed by atoms with Crippen molar-refractivity contribution in [3.05, 3.63) is 84.2 Å². The lowest BCUT2D eigenvalue weighted by molar-refractivity contribution is 0.122. The minimum atomic E-state index is 0.180. The molecule has 1 saturated heterocycles. The summed E-state index contributed by atoms with van der Waals surface area (Å²) in [6.07, 6.45) is 14.3. The van der Waals surface area contributed by atoms with Crippen LogP contribution < -0.4 is 10.2 Å². The van der Waals surface area contributed by atoms with Crippen LogP contribution in [0.1, 0.15) is 58.8 Å². The predicted molar refractivity (Wildman–Crippen MR) is 167 cm³/mol. The van der Waals surface area contributed by atoms with Gasteiger partial charge in [-0.3, -0.25) is 0 Å². The maximum Gasteiger partial charge on any atom is 0.253 e. The zero-order valence-corrected chi connectivity index (χ0v) is 24.4. The number of nitrogens with zero attached hydrogens (tertiary/aromatic N) is 4. The molecule has 0 radical (unpaired) electrons. The van der Waals surface area contributed by atoms with Crippen molar-refractivity contribution in [2.24, 2.45) is 10.9 Å². The van der Waals surface area contributed by atoms with Crippen LogP contribution in [0.25, 0.3) is 22.4 Å². The third-order valence-corrected chi connectivity index (χ3v) is 6.87. The summed E-state index contributed by atoms with van der Waals surface area (Å²) in [7, 11) is 0. The van der Waals surface area contributed by atoms with Gasteiger partial charge in [0, 0.05) is 36.3 Å². The van der Waals surface area contributed by atoms with Crippen LogP contribution in [-0.2, 0) is 4.74 Å². The molecule has 7 heteroatoms. The molecule has 1 aliphatic heterocycles. The molecule has 0 saturated carbocycles. The van der Waals surface area contributed by atoms with Gasteiger partial charge in [-0.15, -0.1) is 0 Å². The Hall–Kier alpha value is -3.97. The van der Waals surface area contributed by atoms with Crippen LogP contribution >= 0.6 is 0 Å². The molecule has 4 rings (SSSR count). The molecule has 1 atom stereocenters. The fraction of sp³-hybridized carbons (Fsp3) is 0.364. The normalized spacial score (nSPS) is 16.4. The van der Waals surface area contributed by atoms with Crippen LogP contribution in [0.3, 0.4) is 0 Å². The van der Waals surface area contributed by atoms with E-state index < -0.39 is 0 Å². The van der Waals surface area contributed by atoms with E-state index in [1.165, 1.54) is 0 Å². The SMILES string of the molecule is C\C=C/C(=C\C=C\CC)c1cc2nc(/N=C(/N/C(=C\C)c3ccccc3)C(C)CC)nc(N3CCOCC3)c2o1. The second-order valence-electron chi connectivity index (χ2n) is 9.73. The Morgan fingerprint density at radius 3 is 2.58 bits per heavy atom. The van der Waals surface area contributed by atoms with E-state index in [9.17, 15) is 0 Å². The number of ether oxygens (including phenoxy) is 1. The molecule has 0 aliphatic carbocycles. The zero-order chi connectivity index (χ0) is 28.3. The first kappa shape index (κ1) is 29.0. The van der Waals surface area contributed by atoms with Gasteiger partial charge in [0.05, 0.1) is 13.2 Å². The number of morpholine rings is 1. The second kappa shape index (κ2) is 14.4. The summed E-state index contributed by atoms with van der Waals surface area (Å²) >= 11 is 0. The lowest BCUT2D eigenvalue weighted by atomic mass is 10.1. The number of amidine groups is 1. The van der Waals surface area contributed by atoms with E-state index >= 15 is 0 Å².